The summed E-state index contributed by atoms with van der Waals surface area (Å²) in [6.45, 7) is 3.16. The van der Waals surface area contributed by atoms with Gasteiger partial charge in [0.2, 0.25) is 5.91 Å². The van der Waals surface area contributed by atoms with Crippen molar-refractivity contribution in [2.45, 2.75) is 12.2 Å². The minimum Gasteiger partial charge on any atom is -0.341 e. The summed E-state index contributed by atoms with van der Waals surface area (Å²) in [6, 6.07) is 0. The van der Waals surface area contributed by atoms with Crippen LogP contribution in [0.2, 0.25) is 0 Å². The maximum atomic E-state index is 11.5. The van der Waals surface area contributed by atoms with Crippen LogP contribution in [0.4, 0.5) is 0 Å². The zero-order valence-electron chi connectivity index (χ0n) is 8.43. The molecule has 0 aliphatic carbocycles. The molecule has 0 radical (unpaired) electrons. The SMILES string of the molecule is CC(C(=O)N1CC(CN)C1)S(C)(=O)=O. The predicted molar refractivity (Wildman–Crippen MR) is 53.4 cm³/mol. The minimum absolute atomic E-state index is 0.308. The van der Waals surface area contributed by atoms with E-state index in [4.69, 9.17) is 5.73 Å². The van der Waals surface area contributed by atoms with Crippen molar-refractivity contribution >= 4 is 15.7 Å². The molecule has 0 aromatic heterocycles. The van der Waals surface area contributed by atoms with Crippen LogP contribution < -0.4 is 5.73 Å². The lowest BCUT2D eigenvalue weighted by atomic mass is 10.0. The fourth-order valence-corrected chi connectivity index (χ4v) is 1.85. The lowest BCUT2D eigenvalue weighted by molar-refractivity contribution is -0.136. The van der Waals surface area contributed by atoms with Crippen molar-refractivity contribution < 1.29 is 13.2 Å². The van der Waals surface area contributed by atoms with Gasteiger partial charge in [0.25, 0.3) is 0 Å². The molecule has 0 aromatic rings. The summed E-state index contributed by atoms with van der Waals surface area (Å²) in [5, 5.41) is -0.929. The highest BCUT2D eigenvalue weighted by molar-refractivity contribution is 7.92. The quantitative estimate of drug-likeness (QED) is 0.650. The molecule has 1 unspecified atom stereocenters. The molecule has 5 nitrogen and oxygen atoms in total. The third-order valence-corrected chi connectivity index (χ3v) is 4.08. The molecule has 0 spiro atoms. The van der Waals surface area contributed by atoms with E-state index < -0.39 is 15.1 Å². The third kappa shape index (κ3) is 2.24. The molecule has 1 aliphatic rings. The molecule has 1 fully saturated rings. The maximum Gasteiger partial charge on any atom is 0.240 e. The van der Waals surface area contributed by atoms with Gasteiger partial charge in [0.15, 0.2) is 9.84 Å². The first-order valence-corrected chi connectivity index (χ1v) is 6.49. The summed E-state index contributed by atoms with van der Waals surface area (Å²) < 4.78 is 22.2. The molecule has 1 rings (SSSR count). The summed E-state index contributed by atoms with van der Waals surface area (Å²) in [7, 11) is -3.27. The monoisotopic (exact) mass is 220 g/mol. The van der Waals surface area contributed by atoms with E-state index in [-0.39, 0.29) is 5.91 Å². The van der Waals surface area contributed by atoms with Crippen LogP contribution in [0.5, 0.6) is 0 Å². The number of nitrogens with zero attached hydrogens (tertiary/aromatic N) is 1. The highest BCUT2D eigenvalue weighted by Crippen LogP contribution is 2.16. The summed E-state index contributed by atoms with van der Waals surface area (Å²) in [5.41, 5.74) is 5.40. The zero-order chi connectivity index (χ0) is 10.9. The number of sulfone groups is 1. The first kappa shape index (κ1) is 11.5. The molecular weight excluding hydrogens is 204 g/mol. The Hall–Kier alpha value is -0.620. The molecule has 1 heterocycles. The summed E-state index contributed by atoms with van der Waals surface area (Å²) >= 11 is 0. The van der Waals surface area contributed by atoms with Gasteiger partial charge >= 0.3 is 0 Å². The van der Waals surface area contributed by atoms with Gasteiger partial charge in [0.1, 0.15) is 5.25 Å². The second kappa shape index (κ2) is 3.86. The van der Waals surface area contributed by atoms with Crippen molar-refractivity contribution in [3.63, 3.8) is 0 Å². The number of amides is 1. The highest BCUT2D eigenvalue weighted by Gasteiger charge is 2.35. The van der Waals surface area contributed by atoms with E-state index in [9.17, 15) is 13.2 Å². The molecule has 2 N–H and O–H groups in total. The Morgan fingerprint density at radius 1 is 1.57 bits per heavy atom. The molecule has 1 atom stereocenters. The van der Waals surface area contributed by atoms with Gasteiger partial charge in [0.05, 0.1) is 0 Å². The van der Waals surface area contributed by atoms with E-state index in [2.05, 4.69) is 0 Å². The van der Waals surface area contributed by atoms with Crippen LogP contribution >= 0.6 is 0 Å². The Morgan fingerprint density at radius 3 is 2.43 bits per heavy atom. The molecule has 0 saturated carbocycles. The number of nitrogens with two attached hydrogens (primary N) is 1. The van der Waals surface area contributed by atoms with Crippen molar-refractivity contribution in [1.82, 2.24) is 4.90 Å². The second-order valence-electron chi connectivity index (χ2n) is 3.82. The van der Waals surface area contributed by atoms with E-state index in [1.54, 1.807) is 4.90 Å². The van der Waals surface area contributed by atoms with E-state index in [1.807, 2.05) is 0 Å². The van der Waals surface area contributed by atoms with Gasteiger partial charge in [-0.05, 0) is 13.5 Å². The molecule has 1 amide bonds. The minimum atomic E-state index is -3.27. The summed E-state index contributed by atoms with van der Waals surface area (Å²) in [6.07, 6.45) is 1.08. The van der Waals surface area contributed by atoms with Crippen LogP contribution in [0.3, 0.4) is 0 Å². The van der Waals surface area contributed by atoms with Gasteiger partial charge in [-0.25, -0.2) is 8.42 Å². The summed E-state index contributed by atoms with van der Waals surface area (Å²) in [5.74, 6) is 0.0305. The van der Waals surface area contributed by atoms with E-state index >= 15 is 0 Å². The van der Waals surface area contributed by atoms with Gasteiger partial charge in [-0.15, -0.1) is 0 Å². The number of likely N-dealkylation sites (tertiary alicyclic amines) is 1. The standard InChI is InChI=1S/C8H16N2O3S/c1-6(14(2,12)13)8(11)10-4-7(3-9)5-10/h6-7H,3-5,9H2,1-2H3. The molecule has 82 valence electrons. The molecule has 1 saturated heterocycles. The van der Waals surface area contributed by atoms with Crippen molar-refractivity contribution in [3.05, 3.63) is 0 Å². The number of rotatable bonds is 3. The van der Waals surface area contributed by atoms with Gasteiger partial charge < -0.3 is 10.6 Å². The largest absolute Gasteiger partial charge is 0.341 e. The maximum absolute atomic E-state index is 11.5. The van der Waals surface area contributed by atoms with E-state index in [0.717, 1.165) is 6.26 Å². The number of carbonyl (C=O) groups excluding carboxylic acids is 1. The highest BCUT2D eigenvalue weighted by atomic mass is 32.2. The van der Waals surface area contributed by atoms with Crippen molar-refractivity contribution in [2.24, 2.45) is 11.7 Å². The van der Waals surface area contributed by atoms with Crippen molar-refractivity contribution in [1.29, 1.82) is 0 Å². The van der Waals surface area contributed by atoms with E-state index in [1.165, 1.54) is 6.92 Å². The van der Waals surface area contributed by atoms with Crippen LogP contribution in [0.25, 0.3) is 0 Å². The summed E-state index contributed by atoms with van der Waals surface area (Å²) in [4.78, 5) is 13.1. The fourth-order valence-electron chi connectivity index (χ4n) is 1.34. The molecule has 1 aliphatic heterocycles. The molecular formula is C8H16N2O3S. The molecule has 0 bridgehead atoms. The lowest BCUT2D eigenvalue weighted by Crippen LogP contribution is -2.55. The predicted octanol–water partition coefficient (Wildman–Crippen LogP) is -1.16. The smallest absolute Gasteiger partial charge is 0.240 e. The van der Waals surface area contributed by atoms with Crippen LogP contribution in [0.1, 0.15) is 6.92 Å². The van der Waals surface area contributed by atoms with Gasteiger partial charge in [0, 0.05) is 25.3 Å². The van der Waals surface area contributed by atoms with Crippen molar-refractivity contribution in [2.75, 3.05) is 25.9 Å². The number of hydrogen-bond donors (Lipinski definition) is 1. The number of carbonyl (C=O) groups is 1. The van der Waals surface area contributed by atoms with E-state index in [0.29, 0.717) is 25.6 Å². The molecule has 0 aromatic carbocycles. The normalized spacial score (nSPS) is 20.4. The Bertz CT molecular complexity index is 319. The van der Waals surface area contributed by atoms with Gasteiger partial charge in [-0.2, -0.15) is 0 Å². The van der Waals surface area contributed by atoms with Crippen LogP contribution in [-0.2, 0) is 14.6 Å². The second-order valence-corrected chi connectivity index (χ2v) is 6.18. The van der Waals surface area contributed by atoms with Crippen molar-refractivity contribution in [3.8, 4) is 0 Å². The van der Waals surface area contributed by atoms with Crippen LogP contribution in [-0.4, -0.2) is 50.4 Å². The Balaban J connectivity index is 2.53. The Morgan fingerprint density at radius 2 is 2.07 bits per heavy atom. The third-order valence-electron chi connectivity index (χ3n) is 2.59. The van der Waals surface area contributed by atoms with Gasteiger partial charge in [-0.1, -0.05) is 0 Å². The molecule has 6 heteroatoms. The first-order chi connectivity index (χ1) is 6.36. The number of hydrogen-bond acceptors (Lipinski definition) is 4. The molecule has 14 heavy (non-hydrogen) atoms. The topological polar surface area (TPSA) is 80.5 Å². The van der Waals surface area contributed by atoms with Crippen LogP contribution in [0, 0.1) is 5.92 Å². The Kier molecular flexibility index (Phi) is 3.16. The fraction of sp³-hybridized carbons (Fsp3) is 0.875. The lowest BCUT2D eigenvalue weighted by Gasteiger charge is -2.39. The van der Waals surface area contributed by atoms with Crippen LogP contribution in [0.15, 0.2) is 0 Å². The van der Waals surface area contributed by atoms with Gasteiger partial charge in [-0.3, -0.25) is 4.79 Å². The average Bonchev–Trinajstić information content (AvgIpc) is 1.99. The first-order valence-electron chi connectivity index (χ1n) is 4.54. The zero-order valence-corrected chi connectivity index (χ0v) is 9.25. The average molecular weight is 220 g/mol. The Labute approximate surface area is 84.2 Å².